The van der Waals surface area contributed by atoms with Gasteiger partial charge < -0.3 is 4.74 Å². The van der Waals surface area contributed by atoms with E-state index in [1.165, 1.54) is 44.9 Å². The number of esters is 1. The number of hydrogen-bond acceptors (Lipinski definition) is 4. The van der Waals surface area contributed by atoms with Gasteiger partial charge in [-0.05, 0) is 39.5 Å². The smallest absolute Gasteiger partial charge is 0.326 e. The molecule has 1 N–H and O–H groups in total. The molecule has 2 saturated carbocycles. The van der Waals surface area contributed by atoms with Crippen molar-refractivity contribution in [3.63, 3.8) is 0 Å². The summed E-state index contributed by atoms with van der Waals surface area (Å²) < 4.78 is 5.26. The van der Waals surface area contributed by atoms with Gasteiger partial charge in [0.2, 0.25) is 0 Å². The minimum Gasteiger partial charge on any atom is -0.465 e. The second-order valence-corrected chi connectivity index (χ2v) is 7.33. The largest absolute Gasteiger partial charge is 0.465 e. The van der Waals surface area contributed by atoms with E-state index in [0.717, 1.165) is 11.0 Å². The van der Waals surface area contributed by atoms with Gasteiger partial charge in [0, 0.05) is 17.0 Å². The maximum atomic E-state index is 12.2. The van der Waals surface area contributed by atoms with Crippen LogP contribution in [0, 0.1) is 0 Å². The molecule has 110 valence electrons. The van der Waals surface area contributed by atoms with Crippen molar-refractivity contribution in [1.82, 2.24) is 5.32 Å². The molecule has 0 saturated heterocycles. The van der Waals surface area contributed by atoms with Crippen LogP contribution in [0.25, 0.3) is 0 Å². The Kier molecular flexibility index (Phi) is 5.58. The lowest BCUT2D eigenvalue weighted by molar-refractivity contribution is -0.149. The quantitative estimate of drug-likeness (QED) is 0.729. The molecular formula is C15H27NO2S. The van der Waals surface area contributed by atoms with Crippen molar-refractivity contribution < 1.29 is 9.53 Å². The van der Waals surface area contributed by atoms with Crippen LogP contribution in [0.5, 0.6) is 0 Å². The number of carbonyl (C=O) groups is 1. The molecule has 0 amide bonds. The fourth-order valence-electron chi connectivity index (χ4n) is 2.64. The van der Waals surface area contributed by atoms with Crippen LogP contribution < -0.4 is 5.32 Å². The molecular weight excluding hydrogens is 258 g/mol. The lowest BCUT2D eigenvalue weighted by Crippen LogP contribution is -2.53. The fraction of sp³-hybridized carbons (Fsp3) is 0.933. The van der Waals surface area contributed by atoms with Gasteiger partial charge in [-0.2, -0.15) is 11.8 Å². The first kappa shape index (κ1) is 15.2. The van der Waals surface area contributed by atoms with E-state index >= 15 is 0 Å². The van der Waals surface area contributed by atoms with Crippen molar-refractivity contribution in [3.05, 3.63) is 0 Å². The topological polar surface area (TPSA) is 38.3 Å². The second kappa shape index (κ2) is 6.98. The van der Waals surface area contributed by atoms with Crippen LogP contribution in [0.1, 0.15) is 58.8 Å². The summed E-state index contributed by atoms with van der Waals surface area (Å²) in [4.78, 5) is 12.2. The molecule has 0 bridgehead atoms. The molecule has 2 rings (SSSR count). The Morgan fingerprint density at radius 1 is 1.26 bits per heavy atom. The third kappa shape index (κ3) is 4.67. The highest BCUT2D eigenvalue weighted by molar-refractivity contribution is 8.00. The predicted molar refractivity (Wildman–Crippen MR) is 80.5 cm³/mol. The summed E-state index contributed by atoms with van der Waals surface area (Å²) in [7, 11) is 0. The van der Waals surface area contributed by atoms with Crippen molar-refractivity contribution in [2.24, 2.45) is 0 Å². The summed E-state index contributed by atoms with van der Waals surface area (Å²) in [6, 6.07) is 0.529. The highest BCUT2D eigenvalue weighted by Gasteiger charge is 2.40. The molecule has 4 heteroatoms. The molecule has 0 aliphatic heterocycles. The summed E-state index contributed by atoms with van der Waals surface area (Å²) in [6.07, 6.45) is 9.10. The lowest BCUT2D eigenvalue weighted by atomic mass is 10.0. The van der Waals surface area contributed by atoms with Gasteiger partial charge in [-0.25, -0.2) is 0 Å². The van der Waals surface area contributed by atoms with Gasteiger partial charge in [-0.1, -0.05) is 19.3 Å². The third-order valence-corrected chi connectivity index (χ3v) is 5.67. The minimum absolute atomic E-state index is 0.0785. The van der Waals surface area contributed by atoms with Crippen molar-refractivity contribution in [1.29, 1.82) is 0 Å². The van der Waals surface area contributed by atoms with E-state index in [0.29, 0.717) is 12.6 Å². The van der Waals surface area contributed by atoms with Crippen LogP contribution >= 0.6 is 11.8 Å². The van der Waals surface area contributed by atoms with Gasteiger partial charge in [0.25, 0.3) is 0 Å². The number of hydrogen-bond donors (Lipinski definition) is 1. The number of carbonyl (C=O) groups excluding carboxylic acids is 1. The summed E-state index contributed by atoms with van der Waals surface area (Å²) >= 11 is 1.96. The van der Waals surface area contributed by atoms with Gasteiger partial charge in [-0.15, -0.1) is 0 Å². The molecule has 2 fully saturated rings. The first-order chi connectivity index (χ1) is 9.14. The molecule has 0 radical (unpaired) electrons. The molecule has 3 nitrogen and oxygen atoms in total. The summed E-state index contributed by atoms with van der Waals surface area (Å²) in [5.41, 5.74) is -0.501. The van der Waals surface area contributed by atoms with Crippen molar-refractivity contribution in [2.75, 3.05) is 12.4 Å². The highest BCUT2D eigenvalue weighted by Crippen LogP contribution is 2.32. The maximum Gasteiger partial charge on any atom is 0.326 e. The Morgan fingerprint density at radius 3 is 2.53 bits per heavy atom. The van der Waals surface area contributed by atoms with Crippen LogP contribution in [-0.2, 0) is 9.53 Å². The average molecular weight is 285 g/mol. The van der Waals surface area contributed by atoms with E-state index in [9.17, 15) is 4.79 Å². The highest BCUT2D eigenvalue weighted by atomic mass is 32.2. The van der Waals surface area contributed by atoms with E-state index in [4.69, 9.17) is 4.74 Å². The first-order valence-electron chi connectivity index (χ1n) is 7.70. The van der Waals surface area contributed by atoms with E-state index in [2.05, 4.69) is 5.32 Å². The molecule has 0 aromatic heterocycles. The zero-order valence-electron chi connectivity index (χ0n) is 12.2. The van der Waals surface area contributed by atoms with Gasteiger partial charge in [0.15, 0.2) is 0 Å². The zero-order chi connectivity index (χ0) is 13.7. The van der Waals surface area contributed by atoms with E-state index < -0.39 is 5.54 Å². The number of rotatable bonds is 7. The van der Waals surface area contributed by atoms with Crippen LogP contribution in [0.2, 0.25) is 0 Å². The van der Waals surface area contributed by atoms with Crippen LogP contribution in [0.15, 0.2) is 0 Å². The van der Waals surface area contributed by atoms with Crippen LogP contribution in [0.4, 0.5) is 0 Å². The molecule has 0 aromatic rings. The molecule has 0 spiro atoms. The Morgan fingerprint density at radius 2 is 1.95 bits per heavy atom. The SMILES string of the molecule is CCOC(=O)C(C)(CSC1CCCCC1)NC1CC1. The monoisotopic (exact) mass is 285 g/mol. The second-order valence-electron chi connectivity index (χ2n) is 6.04. The number of nitrogens with one attached hydrogen (secondary N) is 1. The minimum atomic E-state index is -0.501. The van der Waals surface area contributed by atoms with Crippen molar-refractivity contribution in [3.8, 4) is 0 Å². The molecule has 1 atom stereocenters. The maximum absolute atomic E-state index is 12.2. The van der Waals surface area contributed by atoms with Crippen LogP contribution in [-0.4, -0.2) is 35.2 Å². The Balaban J connectivity index is 1.86. The number of thioether (sulfide) groups is 1. The Hall–Kier alpha value is -0.220. The standard InChI is InChI=1S/C15H27NO2S/c1-3-18-14(17)15(2,16-12-9-10-12)11-19-13-7-5-4-6-8-13/h12-13,16H,3-11H2,1-2H3. The van der Waals surface area contributed by atoms with Crippen LogP contribution in [0.3, 0.4) is 0 Å². The zero-order valence-corrected chi connectivity index (χ0v) is 13.1. The van der Waals surface area contributed by atoms with E-state index in [1.807, 2.05) is 25.6 Å². The van der Waals surface area contributed by atoms with Gasteiger partial charge in [-0.3, -0.25) is 10.1 Å². The number of ether oxygens (including phenoxy) is 1. The van der Waals surface area contributed by atoms with E-state index in [1.54, 1.807) is 0 Å². The summed E-state index contributed by atoms with van der Waals surface area (Å²) in [5, 5.41) is 4.24. The first-order valence-corrected chi connectivity index (χ1v) is 8.75. The fourth-order valence-corrected chi connectivity index (χ4v) is 4.08. The summed E-state index contributed by atoms with van der Waals surface area (Å²) in [5.74, 6) is 0.762. The average Bonchev–Trinajstić information content (AvgIpc) is 3.22. The normalized spacial score (nSPS) is 23.9. The van der Waals surface area contributed by atoms with Gasteiger partial charge >= 0.3 is 5.97 Å². The molecule has 1 unspecified atom stereocenters. The third-order valence-electron chi connectivity index (χ3n) is 3.99. The van der Waals surface area contributed by atoms with Crippen molar-refractivity contribution >= 4 is 17.7 Å². The Labute approximate surface area is 121 Å². The molecule has 0 heterocycles. The molecule has 2 aliphatic rings. The lowest BCUT2D eigenvalue weighted by Gasteiger charge is -2.31. The summed E-state index contributed by atoms with van der Waals surface area (Å²) in [6.45, 7) is 4.36. The Bertz CT molecular complexity index is 301. The van der Waals surface area contributed by atoms with Gasteiger partial charge in [0.1, 0.15) is 5.54 Å². The molecule has 0 aromatic carbocycles. The molecule has 2 aliphatic carbocycles. The molecule has 19 heavy (non-hydrogen) atoms. The van der Waals surface area contributed by atoms with Gasteiger partial charge in [0.05, 0.1) is 6.61 Å². The predicted octanol–water partition coefficient (Wildman–Crippen LogP) is 3.13. The van der Waals surface area contributed by atoms with Crippen molar-refractivity contribution in [2.45, 2.75) is 75.6 Å². The van der Waals surface area contributed by atoms with E-state index in [-0.39, 0.29) is 5.97 Å².